The third-order valence-electron chi connectivity index (χ3n) is 2.41. The molecule has 19 heavy (non-hydrogen) atoms. The minimum absolute atomic E-state index is 0.713. The zero-order valence-electron chi connectivity index (χ0n) is 10.7. The van der Waals surface area contributed by atoms with E-state index < -0.39 is 0 Å². The molecule has 2 aromatic carbocycles. The van der Waals surface area contributed by atoms with Crippen LogP contribution in [0.1, 0.15) is 13.3 Å². The van der Waals surface area contributed by atoms with Crippen LogP contribution in [-0.2, 0) is 0 Å². The lowest BCUT2D eigenvalue weighted by molar-refractivity contribution is 0.317. The zero-order valence-corrected chi connectivity index (χ0v) is 13.1. The summed E-state index contributed by atoms with van der Waals surface area (Å²) in [6, 6.07) is 14.0. The second kappa shape index (κ2) is 6.87. The highest BCUT2D eigenvalue weighted by atomic mass is 79.9. The van der Waals surface area contributed by atoms with Crippen molar-refractivity contribution in [2.24, 2.45) is 0 Å². The first-order valence-corrected chi connectivity index (χ1v) is 7.75. The number of hydrogen-bond donors (Lipinski definition) is 1. The topological polar surface area (TPSA) is 35.2 Å². The highest BCUT2D eigenvalue weighted by Crippen LogP contribution is 2.33. The highest BCUT2D eigenvalue weighted by Gasteiger charge is 2.03. The van der Waals surface area contributed by atoms with Gasteiger partial charge in [0, 0.05) is 26.0 Å². The Hall–Kier alpha value is -1.13. The molecule has 0 atom stereocenters. The van der Waals surface area contributed by atoms with Crippen molar-refractivity contribution < 1.29 is 4.74 Å². The average Bonchev–Trinajstić information content (AvgIpc) is 2.35. The number of hydrogen-bond acceptors (Lipinski definition) is 3. The molecule has 0 aliphatic rings. The summed E-state index contributed by atoms with van der Waals surface area (Å²) in [7, 11) is 0. The zero-order chi connectivity index (χ0) is 13.7. The molecule has 0 fully saturated rings. The Bertz CT molecular complexity index is 560. The number of ether oxygens (including phenoxy) is 1. The quantitative estimate of drug-likeness (QED) is 0.782. The number of anilines is 1. The molecule has 0 spiro atoms. The molecule has 2 nitrogen and oxygen atoms in total. The van der Waals surface area contributed by atoms with Crippen molar-refractivity contribution >= 4 is 33.4 Å². The lowest BCUT2D eigenvalue weighted by Crippen LogP contribution is -1.96. The third-order valence-corrected chi connectivity index (χ3v) is 3.86. The van der Waals surface area contributed by atoms with E-state index in [9.17, 15) is 0 Å². The molecular formula is C15H16BrNOS. The molecule has 0 amide bonds. The first-order chi connectivity index (χ1) is 9.17. The standard InChI is InChI=1S/C15H16BrNOS/c1-2-6-18-13-8-12(17)9-15(10-13)19-14-5-3-4-11(16)7-14/h3-5,7-10H,2,6,17H2,1H3. The van der Waals surface area contributed by atoms with Gasteiger partial charge in [0.25, 0.3) is 0 Å². The van der Waals surface area contributed by atoms with Crippen molar-refractivity contribution in [1.82, 2.24) is 0 Å². The minimum atomic E-state index is 0.713. The van der Waals surface area contributed by atoms with Crippen LogP contribution in [0.15, 0.2) is 56.7 Å². The van der Waals surface area contributed by atoms with Gasteiger partial charge >= 0.3 is 0 Å². The van der Waals surface area contributed by atoms with Crippen LogP contribution in [-0.4, -0.2) is 6.61 Å². The van der Waals surface area contributed by atoms with Gasteiger partial charge in [-0.2, -0.15) is 0 Å². The first-order valence-electron chi connectivity index (χ1n) is 6.14. The van der Waals surface area contributed by atoms with Crippen LogP contribution in [0.5, 0.6) is 5.75 Å². The van der Waals surface area contributed by atoms with E-state index >= 15 is 0 Å². The molecule has 4 heteroatoms. The Morgan fingerprint density at radius 3 is 2.74 bits per heavy atom. The number of halogens is 1. The normalized spacial score (nSPS) is 10.4. The van der Waals surface area contributed by atoms with Crippen LogP contribution in [0.2, 0.25) is 0 Å². The third kappa shape index (κ3) is 4.48. The predicted molar refractivity (Wildman–Crippen MR) is 84.9 cm³/mol. The van der Waals surface area contributed by atoms with E-state index in [4.69, 9.17) is 10.5 Å². The van der Waals surface area contributed by atoms with Gasteiger partial charge in [0.05, 0.1) is 6.61 Å². The molecular weight excluding hydrogens is 322 g/mol. The van der Waals surface area contributed by atoms with Gasteiger partial charge in [0.1, 0.15) is 5.75 Å². The summed E-state index contributed by atoms with van der Waals surface area (Å²) in [5.74, 6) is 0.833. The van der Waals surface area contributed by atoms with Crippen LogP contribution in [0.25, 0.3) is 0 Å². The monoisotopic (exact) mass is 337 g/mol. The summed E-state index contributed by atoms with van der Waals surface area (Å²) in [6.45, 7) is 2.80. The summed E-state index contributed by atoms with van der Waals surface area (Å²) in [5, 5.41) is 0. The number of benzene rings is 2. The van der Waals surface area contributed by atoms with Crippen LogP contribution in [0.4, 0.5) is 5.69 Å². The maximum atomic E-state index is 5.91. The molecule has 0 heterocycles. The number of nitrogen functional groups attached to an aromatic ring is 1. The van der Waals surface area contributed by atoms with E-state index in [2.05, 4.69) is 35.0 Å². The fraction of sp³-hybridized carbons (Fsp3) is 0.200. The van der Waals surface area contributed by atoms with Gasteiger partial charge in [0.2, 0.25) is 0 Å². The Morgan fingerprint density at radius 2 is 2.00 bits per heavy atom. The molecule has 0 bridgehead atoms. The van der Waals surface area contributed by atoms with Crippen LogP contribution in [0.3, 0.4) is 0 Å². The minimum Gasteiger partial charge on any atom is -0.493 e. The van der Waals surface area contributed by atoms with E-state index in [0.717, 1.165) is 27.2 Å². The molecule has 100 valence electrons. The van der Waals surface area contributed by atoms with Gasteiger partial charge in [-0.25, -0.2) is 0 Å². The molecule has 0 aliphatic carbocycles. The van der Waals surface area contributed by atoms with Crippen molar-refractivity contribution in [1.29, 1.82) is 0 Å². The Balaban J connectivity index is 2.17. The van der Waals surface area contributed by atoms with Crippen LogP contribution < -0.4 is 10.5 Å². The van der Waals surface area contributed by atoms with E-state index in [1.54, 1.807) is 11.8 Å². The fourth-order valence-electron chi connectivity index (χ4n) is 1.62. The number of nitrogens with two attached hydrogens (primary N) is 1. The van der Waals surface area contributed by atoms with Crippen molar-refractivity contribution in [3.63, 3.8) is 0 Å². The molecule has 2 N–H and O–H groups in total. The van der Waals surface area contributed by atoms with Crippen molar-refractivity contribution in [3.05, 3.63) is 46.9 Å². The molecule has 2 rings (SSSR count). The Kier molecular flexibility index (Phi) is 5.16. The lowest BCUT2D eigenvalue weighted by atomic mass is 10.3. The number of rotatable bonds is 5. The Labute approximate surface area is 126 Å². The molecule has 0 radical (unpaired) electrons. The Morgan fingerprint density at radius 1 is 1.16 bits per heavy atom. The van der Waals surface area contributed by atoms with Gasteiger partial charge in [-0.1, -0.05) is 40.7 Å². The summed E-state index contributed by atoms with van der Waals surface area (Å²) in [6.07, 6.45) is 0.989. The predicted octanol–water partition coefficient (Wildman–Crippen LogP) is 4.97. The van der Waals surface area contributed by atoms with Crippen LogP contribution >= 0.6 is 27.7 Å². The molecule has 0 saturated heterocycles. The largest absolute Gasteiger partial charge is 0.493 e. The average molecular weight is 338 g/mol. The lowest BCUT2D eigenvalue weighted by Gasteiger charge is -2.09. The van der Waals surface area contributed by atoms with Gasteiger partial charge < -0.3 is 10.5 Å². The summed E-state index contributed by atoms with van der Waals surface area (Å²) >= 11 is 5.15. The van der Waals surface area contributed by atoms with E-state index in [0.29, 0.717) is 6.61 Å². The molecule has 2 aromatic rings. The molecule has 0 saturated carbocycles. The van der Waals surface area contributed by atoms with Gasteiger partial charge in [-0.3, -0.25) is 0 Å². The van der Waals surface area contributed by atoms with Crippen molar-refractivity contribution in [2.45, 2.75) is 23.1 Å². The summed E-state index contributed by atoms with van der Waals surface area (Å²) in [5.41, 5.74) is 6.64. The fourth-order valence-corrected chi connectivity index (χ4v) is 3.15. The summed E-state index contributed by atoms with van der Waals surface area (Å²) in [4.78, 5) is 2.26. The second-order valence-corrected chi connectivity index (χ2v) is 6.21. The van der Waals surface area contributed by atoms with Gasteiger partial charge in [-0.15, -0.1) is 0 Å². The maximum Gasteiger partial charge on any atom is 0.122 e. The summed E-state index contributed by atoms with van der Waals surface area (Å²) < 4.78 is 6.71. The molecule has 0 aliphatic heterocycles. The van der Waals surface area contributed by atoms with Crippen molar-refractivity contribution in [2.75, 3.05) is 12.3 Å². The smallest absolute Gasteiger partial charge is 0.122 e. The SMILES string of the molecule is CCCOc1cc(N)cc(Sc2cccc(Br)c2)c1. The van der Waals surface area contributed by atoms with Gasteiger partial charge in [-0.05, 0) is 36.8 Å². The van der Waals surface area contributed by atoms with E-state index in [-0.39, 0.29) is 0 Å². The van der Waals surface area contributed by atoms with E-state index in [1.807, 2.05) is 30.3 Å². The van der Waals surface area contributed by atoms with E-state index in [1.165, 1.54) is 4.90 Å². The molecule has 0 aromatic heterocycles. The molecule has 0 unspecified atom stereocenters. The highest BCUT2D eigenvalue weighted by molar-refractivity contribution is 9.10. The van der Waals surface area contributed by atoms with Crippen LogP contribution in [0, 0.1) is 0 Å². The van der Waals surface area contributed by atoms with Gasteiger partial charge in [0.15, 0.2) is 0 Å². The second-order valence-electron chi connectivity index (χ2n) is 4.15. The maximum absolute atomic E-state index is 5.91. The van der Waals surface area contributed by atoms with Crippen molar-refractivity contribution in [3.8, 4) is 5.75 Å². The first kappa shape index (κ1) is 14.3.